The van der Waals surface area contributed by atoms with Crippen LogP contribution in [0.3, 0.4) is 0 Å². The van der Waals surface area contributed by atoms with Gasteiger partial charge in [-0.3, -0.25) is 0 Å². The molecule has 1 heterocycles. The number of nitrogens with zero attached hydrogens (tertiary/aromatic N) is 2. The number of rotatable bonds is 3. The topological polar surface area (TPSA) is 83.0 Å². The first-order valence-electron chi connectivity index (χ1n) is 4.93. The van der Waals surface area contributed by atoms with Gasteiger partial charge in [-0.05, 0) is 11.6 Å². The molecule has 2 rings (SSSR count). The molecule has 1 aromatic heterocycles. The van der Waals surface area contributed by atoms with E-state index in [9.17, 15) is 9.59 Å². The first-order chi connectivity index (χ1) is 8.27. The van der Waals surface area contributed by atoms with Crippen molar-refractivity contribution in [3.63, 3.8) is 0 Å². The van der Waals surface area contributed by atoms with Crippen LogP contribution >= 0.6 is 0 Å². The van der Waals surface area contributed by atoms with Crippen molar-refractivity contribution in [3.05, 3.63) is 62.9 Å². The van der Waals surface area contributed by atoms with Gasteiger partial charge in [0.05, 0.1) is 0 Å². The molecule has 0 fully saturated rings. The monoisotopic (exact) mass is 230 g/mol. The molecule has 6 nitrogen and oxygen atoms in total. The smallest absolute Gasteiger partial charge is 0.246 e. The van der Waals surface area contributed by atoms with E-state index in [4.69, 9.17) is 0 Å². The van der Waals surface area contributed by atoms with Gasteiger partial charge in [-0.1, -0.05) is 36.4 Å². The summed E-state index contributed by atoms with van der Waals surface area (Å²) in [5.74, 6) is 0. The Balaban J connectivity index is 2.11. The van der Waals surface area contributed by atoms with E-state index in [0.29, 0.717) is 4.68 Å². The molecule has 86 valence electrons. The Bertz CT molecular complexity index is 618. The number of aromatic amines is 2. The minimum Gasteiger partial charge on any atom is -0.246 e. The van der Waals surface area contributed by atoms with E-state index in [0.717, 1.165) is 5.56 Å². The van der Waals surface area contributed by atoms with Gasteiger partial charge in [-0.15, -0.1) is 4.68 Å². The van der Waals surface area contributed by atoms with Crippen LogP contribution in [0.4, 0.5) is 0 Å². The van der Waals surface area contributed by atoms with Crippen molar-refractivity contribution in [2.45, 2.75) is 0 Å². The molecule has 0 aliphatic rings. The van der Waals surface area contributed by atoms with E-state index in [1.54, 1.807) is 6.08 Å². The predicted molar refractivity (Wildman–Crippen MR) is 65.0 cm³/mol. The van der Waals surface area contributed by atoms with E-state index < -0.39 is 11.4 Å². The molecule has 1 aromatic carbocycles. The maximum absolute atomic E-state index is 11.0. The van der Waals surface area contributed by atoms with Gasteiger partial charge in [0, 0.05) is 6.21 Å². The first-order valence-corrected chi connectivity index (χ1v) is 4.93. The molecular formula is C11H10N4O2. The van der Waals surface area contributed by atoms with Crippen molar-refractivity contribution in [2.24, 2.45) is 5.10 Å². The fourth-order valence-electron chi connectivity index (χ4n) is 1.23. The lowest BCUT2D eigenvalue weighted by Crippen LogP contribution is -2.22. The predicted octanol–water partition coefficient (Wildman–Crippen LogP) is 0.412. The number of benzene rings is 1. The van der Waals surface area contributed by atoms with Crippen molar-refractivity contribution in [1.82, 2.24) is 14.9 Å². The molecule has 0 aliphatic carbocycles. The second-order valence-electron chi connectivity index (χ2n) is 3.21. The van der Waals surface area contributed by atoms with Crippen molar-refractivity contribution < 1.29 is 0 Å². The highest BCUT2D eigenvalue weighted by Crippen LogP contribution is 1.99. The molecule has 0 radical (unpaired) electrons. The van der Waals surface area contributed by atoms with Crippen molar-refractivity contribution in [2.75, 3.05) is 0 Å². The Morgan fingerprint density at radius 1 is 1.06 bits per heavy atom. The molecule has 17 heavy (non-hydrogen) atoms. The Morgan fingerprint density at radius 3 is 2.35 bits per heavy atom. The summed E-state index contributed by atoms with van der Waals surface area (Å²) in [5, 5.41) is 7.95. The summed E-state index contributed by atoms with van der Waals surface area (Å²) in [6, 6.07) is 9.61. The Kier molecular flexibility index (Phi) is 3.15. The van der Waals surface area contributed by atoms with Gasteiger partial charge in [0.25, 0.3) is 0 Å². The molecule has 0 saturated heterocycles. The maximum Gasteiger partial charge on any atom is 0.365 e. The summed E-state index contributed by atoms with van der Waals surface area (Å²) >= 11 is 0. The average Bonchev–Trinajstić information content (AvgIpc) is 2.67. The highest BCUT2D eigenvalue weighted by Gasteiger charge is 1.96. The standard InChI is InChI=1S/C11H10N4O2/c16-10-13-14-11(17)15(10)12-8-4-7-9-5-2-1-3-6-9/h1-8H,(H,13,16)(H,14,17)/b7-4-,12-8+. The summed E-state index contributed by atoms with van der Waals surface area (Å²) in [6.45, 7) is 0. The number of nitrogens with one attached hydrogen (secondary N) is 2. The molecule has 0 bridgehead atoms. The van der Waals surface area contributed by atoms with Gasteiger partial charge >= 0.3 is 11.4 Å². The van der Waals surface area contributed by atoms with Gasteiger partial charge in [0.15, 0.2) is 0 Å². The maximum atomic E-state index is 11.0. The molecule has 0 saturated carbocycles. The zero-order valence-corrected chi connectivity index (χ0v) is 8.83. The summed E-state index contributed by atoms with van der Waals surface area (Å²) in [5.41, 5.74) is -0.187. The van der Waals surface area contributed by atoms with Crippen LogP contribution < -0.4 is 11.4 Å². The van der Waals surface area contributed by atoms with E-state index in [1.807, 2.05) is 36.4 Å². The van der Waals surface area contributed by atoms with Crippen molar-refractivity contribution in [3.8, 4) is 0 Å². The zero-order chi connectivity index (χ0) is 12.1. The molecule has 0 aliphatic heterocycles. The van der Waals surface area contributed by atoms with Crippen molar-refractivity contribution in [1.29, 1.82) is 0 Å². The molecule has 0 spiro atoms. The van der Waals surface area contributed by atoms with Crippen LogP contribution in [0.5, 0.6) is 0 Å². The lowest BCUT2D eigenvalue weighted by Gasteiger charge is -1.88. The van der Waals surface area contributed by atoms with E-state index in [-0.39, 0.29) is 0 Å². The average molecular weight is 230 g/mol. The Hall–Kier alpha value is -2.63. The van der Waals surface area contributed by atoms with Gasteiger partial charge in [-0.2, -0.15) is 5.10 Å². The molecule has 0 amide bonds. The minimum atomic E-state index is -0.598. The second kappa shape index (κ2) is 4.93. The quantitative estimate of drug-likeness (QED) is 0.749. The highest BCUT2D eigenvalue weighted by molar-refractivity contribution is 5.78. The van der Waals surface area contributed by atoms with Crippen LogP contribution in [-0.4, -0.2) is 21.1 Å². The van der Waals surface area contributed by atoms with Crippen LogP contribution in [0, 0.1) is 0 Å². The largest absolute Gasteiger partial charge is 0.365 e. The molecule has 2 aromatic rings. The van der Waals surface area contributed by atoms with E-state index in [2.05, 4.69) is 15.3 Å². The molecular weight excluding hydrogens is 220 g/mol. The summed E-state index contributed by atoms with van der Waals surface area (Å²) in [7, 11) is 0. The lowest BCUT2D eigenvalue weighted by atomic mass is 10.2. The van der Waals surface area contributed by atoms with Gasteiger partial charge in [0.1, 0.15) is 0 Å². The van der Waals surface area contributed by atoms with Gasteiger partial charge in [0.2, 0.25) is 0 Å². The lowest BCUT2D eigenvalue weighted by molar-refractivity contribution is 0.802. The zero-order valence-electron chi connectivity index (χ0n) is 8.83. The SMILES string of the molecule is O=c1[nH][nH]c(=O)n1/N=C/C=C\c1ccccc1. The summed E-state index contributed by atoms with van der Waals surface area (Å²) in [4.78, 5) is 22.1. The number of H-pyrrole nitrogens is 2. The molecule has 0 atom stereocenters. The van der Waals surface area contributed by atoms with Crippen LogP contribution in [0.25, 0.3) is 6.08 Å². The number of allylic oxidation sites excluding steroid dienone is 1. The van der Waals surface area contributed by atoms with Gasteiger partial charge in [-0.25, -0.2) is 19.8 Å². The van der Waals surface area contributed by atoms with Crippen LogP contribution in [-0.2, 0) is 0 Å². The van der Waals surface area contributed by atoms with Crippen LogP contribution in [0.1, 0.15) is 5.56 Å². The molecule has 6 heteroatoms. The third-order valence-electron chi connectivity index (χ3n) is 2.02. The Labute approximate surface area is 95.9 Å². The normalized spacial score (nSPS) is 11.5. The number of hydrogen-bond acceptors (Lipinski definition) is 3. The van der Waals surface area contributed by atoms with Crippen molar-refractivity contribution >= 4 is 12.3 Å². The number of aromatic nitrogens is 3. The van der Waals surface area contributed by atoms with E-state index >= 15 is 0 Å². The van der Waals surface area contributed by atoms with Crippen LogP contribution in [0.2, 0.25) is 0 Å². The second-order valence-corrected chi connectivity index (χ2v) is 3.21. The van der Waals surface area contributed by atoms with Gasteiger partial charge < -0.3 is 0 Å². The fourth-order valence-corrected chi connectivity index (χ4v) is 1.23. The summed E-state index contributed by atoms with van der Waals surface area (Å²) < 4.78 is 0.704. The van der Waals surface area contributed by atoms with E-state index in [1.165, 1.54) is 6.21 Å². The third kappa shape index (κ3) is 2.69. The third-order valence-corrected chi connectivity index (χ3v) is 2.02. The molecule has 0 unspecified atom stereocenters. The fraction of sp³-hybridized carbons (Fsp3) is 0. The first kappa shape index (κ1) is 10.9. The number of hydrogen-bond donors (Lipinski definition) is 2. The molecule has 2 N–H and O–H groups in total. The highest BCUT2D eigenvalue weighted by atomic mass is 16.2. The Morgan fingerprint density at radius 2 is 1.71 bits per heavy atom. The summed E-state index contributed by atoms with van der Waals surface area (Å²) in [6.07, 6.45) is 4.83. The minimum absolute atomic E-state index is 0.598. The van der Waals surface area contributed by atoms with Crippen LogP contribution in [0.15, 0.2) is 51.1 Å².